The van der Waals surface area contributed by atoms with Crippen molar-refractivity contribution in [3.8, 4) is 11.5 Å². The van der Waals surface area contributed by atoms with E-state index in [0.29, 0.717) is 18.7 Å². The molecular formula is C24H25FN2O5. The maximum Gasteiger partial charge on any atom is 0.290 e. The first-order valence-electron chi connectivity index (χ1n) is 10.6. The van der Waals surface area contributed by atoms with Crippen LogP contribution in [0.1, 0.15) is 41.6 Å². The number of phenols is 1. The molecule has 4 rings (SSSR count). The number of hydrogen-bond donors (Lipinski definition) is 1. The highest BCUT2D eigenvalue weighted by atomic mass is 19.1. The van der Waals surface area contributed by atoms with Gasteiger partial charge in [0.2, 0.25) is 5.76 Å². The Morgan fingerprint density at radius 2 is 1.91 bits per heavy atom. The van der Waals surface area contributed by atoms with E-state index in [2.05, 4.69) is 4.90 Å². The number of carbonyl (C=O) groups is 1. The van der Waals surface area contributed by atoms with Crippen molar-refractivity contribution in [1.29, 1.82) is 0 Å². The van der Waals surface area contributed by atoms with Crippen LogP contribution in [0.2, 0.25) is 0 Å². The molecule has 0 spiro atoms. The van der Waals surface area contributed by atoms with E-state index < -0.39 is 23.2 Å². The number of benzene rings is 2. The third-order valence-electron chi connectivity index (χ3n) is 6.00. The summed E-state index contributed by atoms with van der Waals surface area (Å²) in [7, 11) is 1.43. The number of ether oxygens (including phenoxy) is 1. The Labute approximate surface area is 184 Å². The van der Waals surface area contributed by atoms with Crippen molar-refractivity contribution >= 4 is 16.9 Å². The second-order valence-electron chi connectivity index (χ2n) is 7.67. The maximum atomic E-state index is 13.9. The number of halogens is 1. The quantitative estimate of drug-likeness (QED) is 0.605. The smallest absolute Gasteiger partial charge is 0.290 e. The van der Waals surface area contributed by atoms with E-state index in [9.17, 15) is 19.1 Å². The minimum atomic E-state index is -0.744. The molecule has 168 valence electrons. The number of nitrogens with zero attached hydrogens (tertiary/aromatic N) is 2. The molecule has 1 atom stereocenters. The van der Waals surface area contributed by atoms with Gasteiger partial charge in [0.05, 0.1) is 24.1 Å². The van der Waals surface area contributed by atoms with Crippen LogP contribution in [0.3, 0.4) is 0 Å². The van der Waals surface area contributed by atoms with Crippen LogP contribution in [-0.2, 0) is 0 Å². The lowest BCUT2D eigenvalue weighted by molar-refractivity contribution is 0.0708. The number of methoxy groups -OCH3 is 1. The van der Waals surface area contributed by atoms with E-state index in [4.69, 9.17) is 9.15 Å². The molecule has 2 aromatic carbocycles. The molecule has 0 fully saturated rings. The summed E-state index contributed by atoms with van der Waals surface area (Å²) in [6.45, 7) is 6.70. The largest absolute Gasteiger partial charge is 0.504 e. The number of hydrogen-bond acceptors (Lipinski definition) is 6. The van der Waals surface area contributed by atoms with Crippen molar-refractivity contribution in [3.05, 3.63) is 69.3 Å². The molecule has 1 N–H and O–H groups in total. The predicted molar refractivity (Wildman–Crippen MR) is 118 cm³/mol. The van der Waals surface area contributed by atoms with Gasteiger partial charge in [-0.3, -0.25) is 9.59 Å². The van der Waals surface area contributed by atoms with Crippen molar-refractivity contribution in [2.24, 2.45) is 0 Å². The van der Waals surface area contributed by atoms with Gasteiger partial charge in [-0.1, -0.05) is 19.9 Å². The van der Waals surface area contributed by atoms with Gasteiger partial charge in [-0.05, 0) is 49.0 Å². The Kier molecular flexibility index (Phi) is 5.88. The molecule has 7 nitrogen and oxygen atoms in total. The minimum Gasteiger partial charge on any atom is -0.504 e. The van der Waals surface area contributed by atoms with E-state index in [-0.39, 0.29) is 33.8 Å². The Morgan fingerprint density at radius 1 is 1.16 bits per heavy atom. The summed E-state index contributed by atoms with van der Waals surface area (Å²) in [5, 5.41) is 10.1. The molecule has 0 saturated heterocycles. The van der Waals surface area contributed by atoms with Crippen LogP contribution in [-0.4, -0.2) is 54.1 Å². The van der Waals surface area contributed by atoms with Gasteiger partial charge < -0.3 is 24.1 Å². The number of rotatable bonds is 7. The highest BCUT2D eigenvalue weighted by Gasteiger charge is 2.42. The number of phenolic OH excluding ortho intramolecular Hbond substituents is 1. The molecule has 0 aliphatic carbocycles. The van der Waals surface area contributed by atoms with Gasteiger partial charge in [-0.2, -0.15) is 0 Å². The summed E-state index contributed by atoms with van der Waals surface area (Å²) in [5.41, 5.74) is 0.474. The van der Waals surface area contributed by atoms with Gasteiger partial charge in [-0.15, -0.1) is 0 Å². The first-order chi connectivity index (χ1) is 15.4. The van der Waals surface area contributed by atoms with Crippen LogP contribution in [0.25, 0.3) is 11.0 Å². The standard InChI is InChI=1S/C24H25FN2O5/c1-4-26(5-2)10-11-27-21(14-6-8-17(28)19(12-14)31-3)20-22(29)16-13-15(25)7-9-18(16)32-23(20)24(27)30/h6-9,12-13,21,28H,4-5,10-11H2,1-3H3. The number of aromatic hydroxyl groups is 1. The van der Waals surface area contributed by atoms with Crippen molar-refractivity contribution in [3.63, 3.8) is 0 Å². The van der Waals surface area contributed by atoms with Crippen LogP contribution in [0, 0.1) is 5.82 Å². The molecule has 1 unspecified atom stereocenters. The van der Waals surface area contributed by atoms with Crippen molar-refractivity contribution in [2.75, 3.05) is 33.3 Å². The van der Waals surface area contributed by atoms with Crippen LogP contribution in [0.4, 0.5) is 4.39 Å². The summed E-state index contributed by atoms with van der Waals surface area (Å²) in [4.78, 5) is 30.6. The summed E-state index contributed by atoms with van der Waals surface area (Å²) in [6.07, 6.45) is 0. The fraction of sp³-hybridized carbons (Fsp3) is 0.333. The molecular weight excluding hydrogens is 415 g/mol. The summed E-state index contributed by atoms with van der Waals surface area (Å²) < 4.78 is 24.9. The molecule has 1 aromatic heterocycles. The molecule has 1 aliphatic rings. The van der Waals surface area contributed by atoms with Gasteiger partial charge in [-0.25, -0.2) is 4.39 Å². The average Bonchev–Trinajstić information content (AvgIpc) is 3.07. The zero-order valence-corrected chi connectivity index (χ0v) is 18.2. The molecule has 0 bridgehead atoms. The van der Waals surface area contributed by atoms with Gasteiger partial charge in [0, 0.05) is 13.1 Å². The van der Waals surface area contributed by atoms with Gasteiger partial charge >= 0.3 is 0 Å². The van der Waals surface area contributed by atoms with Crippen molar-refractivity contribution in [1.82, 2.24) is 9.80 Å². The first kappa shape index (κ1) is 21.8. The molecule has 2 heterocycles. The third-order valence-corrected chi connectivity index (χ3v) is 6.00. The Hall–Kier alpha value is -3.39. The topological polar surface area (TPSA) is 83.2 Å². The van der Waals surface area contributed by atoms with Crippen LogP contribution < -0.4 is 10.2 Å². The second-order valence-corrected chi connectivity index (χ2v) is 7.67. The zero-order chi connectivity index (χ0) is 23.0. The molecule has 3 aromatic rings. The van der Waals surface area contributed by atoms with Crippen molar-refractivity contribution < 1.29 is 23.4 Å². The summed E-state index contributed by atoms with van der Waals surface area (Å²) >= 11 is 0. The Morgan fingerprint density at radius 3 is 2.59 bits per heavy atom. The third kappa shape index (κ3) is 3.60. The van der Waals surface area contributed by atoms with Crippen molar-refractivity contribution in [2.45, 2.75) is 19.9 Å². The predicted octanol–water partition coefficient (Wildman–Crippen LogP) is 3.53. The van der Waals surface area contributed by atoms with Crippen LogP contribution in [0.5, 0.6) is 11.5 Å². The van der Waals surface area contributed by atoms with Gasteiger partial charge in [0.25, 0.3) is 5.91 Å². The van der Waals surface area contributed by atoms with E-state index in [1.807, 2.05) is 13.8 Å². The number of amides is 1. The molecule has 1 aliphatic heterocycles. The lowest BCUT2D eigenvalue weighted by Gasteiger charge is -2.28. The summed E-state index contributed by atoms with van der Waals surface area (Å²) in [5.74, 6) is -0.819. The first-order valence-corrected chi connectivity index (χ1v) is 10.6. The normalized spacial score (nSPS) is 15.6. The fourth-order valence-corrected chi connectivity index (χ4v) is 4.22. The van der Waals surface area contributed by atoms with Gasteiger partial charge in [0.1, 0.15) is 11.4 Å². The van der Waals surface area contributed by atoms with Gasteiger partial charge in [0.15, 0.2) is 16.9 Å². The Bertz CT molecular complexity index is 1240. The maximum absolute atomic E-state index is 13.9. The highest BCUT2D eigenvalue weighted by molar-refractivity contribution is 5.99. The lowest BCUT2D eigenvalue weighted by atomic mass is 9.98. The molecule has 8 heteroatoms. The number of fused-ring (bicyclic) bond motifs is 2. The molecule has 0 radical (unpaired) electrons. The van der Waals surface area contributed by atoms with Crippen LogP contribution >= 0.6 is 0 Å². The number of likely N-dealkylation sites (N-methyl/N-ethyl adjacent to an activating group) is 1. The minimum absolute atomic E-state index is 0.0364. The van der Waals surface area contributed by atoms with E-state index in [1.165, 1.54) is 25.3 Å². The summed E-state index contributed by atoms with van der Waals surface area (Å²) in [6, 6.07) is 7.63. The van der Waals surface area contributed by atoms with E-state index in [1.54, 1.807) is 17.0 Å². The molecule has 0 saturated carbocycles. The van der Waals surface area contributed by atoms with E-state index >= 15 is 0 Å². The molecule has 1 amide bonds. The molecule has 32 heavy (non-hydrogen) atoms. The fourth-order valence-electron chi connectivity index (χ4n) is 4.22. The lowest BCUT2D eigenvalue weighted by Crippen LogP contribution is -2.37. The van der Waals surface area contributed by atoms with E-state index in [0.717, 1.165) is 19.2 Å². The monoisotopic (exact) mass is 440 g/mol. The SMILES string of the molecule is CCN(CC)CCN1C(=O)c2oc3ccc(F)cc3c(=O)c2C1c1ccc(O)c(OC)c1. The average molecular weight is 440 g/mol. The number of carbonyl (C=O) groups excluding carboxylic acids is 1. The highest BCUT2D eigenvalue weighted by Crippen LogP contribution is 2.40. The zero-order valence-electron chi connectivity index (χ0n) is 18.2. The second kappa shape index (κ2) is 8.63. The Balaban J connectivity index is 1.90. The van der Waals surface area contributed by atoms with Crippen LogP contribution in [0.15, 0.2) is 45.6 Å².